The summed E-state index contributed by atoms with van der Waals surface area (Å²) >= 11 is 0. The van der Waals surface area contributed by atoms with Crippen LogP contribution in [0.2, 0.25) is 0 Å². The van der Waals surface area contributed by atoms with Gasteiger partial charge in [-0.05, 0) is 36.8 Å². The molecule has 1 amide bonds. The third kappa shape index (κ3) is 3.07. The van der Waals surface area contributed by atoms with Gasteiger partial charge < -0.3 is 9.30 Å². The molecular formula is C20H18FN3O4S. The highest BCUT2D eigenvalue weighted by Gasteiger charge is 2.46. The van der Waals surface area contributed by atoms with Crippen molar-refractivity contribution in [1.29, 1.82) is 0 Å². The van der Waals surface area contributed by atoms with Crippen LogP contribution in [0.1, 0.15) is 24.0 Å². The quantitative estimate of drug-likeness (QED) is 0.640. The molecule has 0 bridgehead atoms. The van der Waals surface area contributed by atoms with Crippen molar-refractivity contribution in [1.82, 2.24) is 9.55 Å². The standard InChI is InChI=1S/C20H18FN3O4S/c1-3-28-17-7-5-4-6-14(17)19-15-10-13(21)8-9-16(15)24(20(19)25)29(26,27)18-11-23(2)12-22-18/h4-12,19H,3H2,1-2H3. The Bertz CT molecular complexity index is 1210. The highest BCUT2D eigenvalue weighted by Crippen LogP contribution is 2.46. The molecule has 2 heterocycles. The minimum Gasteiger partial charge on any atom is -0.494 e. The molecule has 3 aromatic rings. The number of amides is 1. The first-order chi connectivity index (χ1) is 13.8. The SMILES string of the molecule is CCOc1ccccc1C1C(=O)N(S(=O)(=O)c2cn(C)cn2)c2ccc(F)cc21. The second kappa shape index (κ2) is 7.00. The van der Waals surface area contributed by atoms with Gasteiger partial charge in [-0.25, -0.2) is 13.7 Å². The molecule has 1 aliphatic rings. The highest BCUT2D eigenvalue weighted by atomic mass is 32.2. The number of ether oxygens (including phenoxy) is 1. The van der Waals surface area contributed by atoms with E-state index in [4.69, 9.17) is 4.74 Å². The van der Waals surface area contributed by atoms with Crippen LogP contribution >= 0.6 is 0 Å². The van der Waals surface area contributed by atoms with Gasteiger partial charge in [-0.15, -0.1) is 0 Å². The molecule has 150 valence electrons. The van der Waals surface area contributed by atoms with Crippen molar-refractivity contribution in [3.05, 3.63) is 71.9 Å². The van der Waals surface area contributed by atoms with Gasteiger partial charge >= 0.3 is 0 Å². The van der Waals surface area contributed by atoms with Crippen molar-refractivity contribution in [2.24, 2.45) is 7.05 Å². The zero-order valence-electron chi connectivity index (χ0n) is 15.7. The van der Waals surface area contributed by atoms with E-state index in [9.17, 15) is 17.6 Å². The van der Waals surface area contributed by atoms with Gasteiger partial charge in [0.1, 0.15) is 11.6 Å². The van der Waals surface area contributed by atoms with Crippen LogP contribution in [0, 0.1) is 5.82 Å². The predicted octanol–water partition coefficient (Wildman–Crippen LogP) is 2.83. The molecule has 4 rings (SSSR count). The Labute approximate surface area is 167 Å². The molecule has 0 N–H and O–H groups in total. The fourth-order valence-electron chi connectivity index (χ4n) is 3.48. The normalized spacial score (nSPS) is 16.2. The van der Waals surface area contributed by atoms with Crippen molar-refractivity contribution in [3.63, 3.8) is 0 Å². The molecule has 0 aliphatic carbocycles. The van der Waals surface area contributed by atoms with E-state index < -0.39 is 27.7 Å². The van der Waals surface area contributed by atoms with Crippen molar-refractivity contribution in [3.8, 4) is 5.75 Å². The lowest BCUT2D eigenvalue weighted by molar-refractivity contribution is -0.117. The Morgan fingerprint density at radius 3 is 2.62 bits per heavy atom. The van der Waals surface area contributed by atoms with Gasteiger partial charge in [0.2, 0.25) is 0 Å². The molecule has 1 aliphatic heterocycles. The summed E-state index contributed by atoms with van der Waals surface area (Å²) in [7, 11) is -2.64. The molecule has 9 heteroatoms. The number of para-hydroxylation sites is 1. The molecule has 1 aromatic heterocycles. The van der Waals surface area contributed by atoms with Crippen LogP contribution in [0.25, 0.3) is 0 Å². The zero-order chi connectivity index (χ0) is 20.8. The molecule has 1 unspecified atom stereocenters. The van der Waals surface area contributed by atoms with Crippen LogP contribution in [-0.2, 0) is 21.9 Å². The van der Waals surface area contributed by atoms with Crippen LogP contribution in [0.15, 0.2) is 60.0 Å². The van der Waals surface area contributed by atoms with E-state index in [-0.39, 0.29) is 16.3 Å². The molecular weight excluding hydrogens is 397 g/mol. The number of hydrogen-bond donors (Lipinski definition) is 0. The number of fused-ring (bicyclic) bond motifs is 1. The molecule has 0 radical (unpaired) electrons. The lowest BCUT2D eigenvalue weighted by atomic mass is 9.92. The van der Waals surface area contributed by atoms with E-state index in [2.05, 4.69) is 4.98 Å². The number of imidazole rings is 1. The molecule has 0 saturated carbocycles. The predicted molar refractivity (Wildman–Crippen MR) is 104 cm³/mol. The van der Waals surface area contributed by atoms with E-state index in [1.807, 2.05) is 0 Å². The monoisotopic (exact) mass is 415 g/mol. The summed E-state index contributed by atoms with van der Waals surface area (Å²) in [5.74, 6) is -1.83. The van der Waals surface area contributed by atoms with E-state index in [0.29, 0.717) is 22.2 Å². The first-order valence-electron chi connectivity index (χ1n) is 8.93. The van der Waals surface area contributed by atoms with Crippen molar-refractivity contribution in [2.45, 2.75) is 17.9 Å². The van der Waals surface area contributed by atoms with Gasteiger partial charge in [0.25, 0.3) is 15.9 Å². The first kappa shape index (κ1) is 19.1. The van der Waals surface area contributed by atoms with Gasteiger partial charge in [-0.2, -0.15) is 8.42 Å². The second-order valence-corrected chi connectivity index (χ2v) is 8.33. The van der Waals surface area contributed by atoms with Gasteiger partial charge in [0, 0.05) is 18.8 Å². The number of hydrogen-bond acceptors (Lipinski definition) is 5. The molecule has 7 nitrogen and oxygen atoms in total. The summed E-state index contributed by atoms with van der Waals surface area (Å²) in [5.41, 5.74) is 0.852. The maximum absolute atomic E-state index is 14.1. The van der Waals surface area contributed by atoms with Crippen LogP contribution in [-0.4, -0.2) is 30.5 Å². The summed E-state index contributed by atoms with van der Waals surface area (Å²) in [6.45, 7) is 2.17. The van der Waals surface area contributed by atoms with Gasteiger partial charge in [-0.1, -0.05) is 18.2 Å². The average molecular weight is 415 g/mol. The Hall–Kier alpha value is -3.20. The molecule has 0 saturated heterocycles. The van der Waals surface area contributed by atoms with Gasteiger partial charge in [0.05, 0.1) is 24.5 Å². The number of rotatable bonds is 5. The maximum atomic E-state index is 14.1. The zero-order valence-corrected chi connectivity index (χ0v) is 16.6. The topological polar surface area (TPSA) is 81.5 Å². The first-order valence-corrected chi connectivity index (χ1v) is 10.4. The number of carbonyl (C=O) groups is 1. The summed E-state index contributed by atoms with van der Waals surface area (Å²) in [6, 6.07) is 10.5. The minimum atomic E-state index is -4.27. The summed E-state index contributed by atoms with van der Waals surface area (Å²) in [4.78, 5) is 17.3. The third-order valence-electron chi connectivity index (χ3n) is 4.68. The van der Waals surface area contributed by atoms with E-state index in [1.165, 1.54) is 29.2 Å². The number of aryl methyl sites for hydroxylation is 1. The van der Waals surface area contributed by atoms with Crippen molar-refractivity contribution in [2.75, 3.05) is 10.9 Å². The average Bonchev–Trinajstić information content (AvgIpc) is 3.24. The Balaban J connectivity index is 1.91. The molecule has 0 spiro atoms. The Morgan fingerprint density at radius 1 is 1.17 bits per heavy atom. The number of halogens is 1. The molecule has 0 fully saturated rings. The van der Waals surface area contributed by atoms with Gasteiger partial charge in [-0.3, -0.25) is 4.79 Å². The van der Waals surface area contributed by atoms with Crippen molar-refractivity contribution < 1.29 is 22.3 Å². The number of sulfonamides is 1. The molecule has 1 atom stereocenters. The smallest absolute Gasteiger partial charge is 0.289 e. The number of anilines is 1. The number of nitrogens with zero attached hydrogens (tertiary/aromatic N) is 3. The van der Waals surface area contributed by atoms with E-state index in [0.717, 1.165) is 6.07 Å². The van der Waals surface area contributed by atoms with Crippen molar-refractivity contribution >= 4 is 21.6 Å². The largest absolute Gasteiger partial charge is 0.494 e. The lowest BCUT2D eigenvalue weighted by Crippen LogP contribution is -2.35. The van der Waals surface area contributed by atoms with E-state index in [1.54, 1.807) is 38.2 Å². The van der Waals surface area contributed by atoms with E-state index >= 15 is 0 Å². The summed E-state index contributed by atoms with van der Waals surface area (Å²) in [5, 5.41) is -0.262. The van der Waals surface area contributed by atoms with Crippen LogP contribution in [0.5, 0.6) is 5.75 Å². The maximum Gasteiger partial charge on any atom is 0.289 e. The highest BCUT2D eigenvalue weighted by molar-refractivity contribution is 7.93. The lowest BCUT2D eigenvalue weighted by Gasteiger charge is -2.18. The fourth-order valence-corrected chi connectivity index (χ4v) is 4.91. The Morgan fingerprint density at radius 2 is 1.93 bits per heavy atom. The third-order valence-corrected chi connectivity index (χ3v) is 6.28. The fraction of sp³-hybridized carbons (Fsp3) is 0.200. The van der Waals surface area contributed by atoms with Crippen LogP contribution in [0.3, 0.4) is 0 Å². The number of aromatic nitrogens is 2. The Kier molecular flexibility index (Phi) is 4.62. The van der Waals surface area contributed by atoms with Gasteiger partial charge in [0.15, 0.2) is 5.03 Å². The summed E-state index contributed by atoms with van der Waals surface area (Å²) < 4.78 is 48.2. The van der Waals surface area contributed by atoms with Crippen LogP contribution in [0.4, 0.5) is 10.1 Å². The number of carbonyl (C=O) groups excluding carboxylic acids is 1. The summed E-state index contributed by atoms with van der Waals surface area (Å²) in [6.07, 6.45) is 2.65. The molecule has 2 aromatic carbocycles. The number of benzene rings is 2. The second-order valence-electron chi connectivity index (χ2n) is 6.59. The van der Waals surface area contributed by atoms with Crippen LogP contribution < -0.4 is 9.04 Å². The minimum absolute atomic E-state index is 0.110. The molecule has 29 heavy (non-hydrogen) atoms.